The Morgan fingerprint density at radius 2 is 2.00 bits per heavy atom. The number of rotatable bonds is 6. The molecule has 10 heteroatoms. The maximum Gasteiger partial charge on any atom is 0.220 e. The summed E-state index contributed by atoms with van der Waals surface area (Å²) in [4.78, 5) is 6.26. The summed E-state index contributed by atoms with van der Waals surface area (Å²) in [5.74, 6) is 0.300. The molecule has 0 saturated carbocycles. The summed E-state index contributed by atoms with van der Waals surface area (Å²) >= 11 is 0. The van der Waals surface area contributed by atoms with Gasteiger partial charge in [0.15, 0.2) is 5.96 Å². The largest absolute Gasteiger partial charge is 0.364 e. The van der Waals surface area contributed by atoms with E-state index in [2.05, 4.69) is 15.5 Å². The molecule has 2 heterocycles. The number of piperazine rings is 1. The van der Waals surface area contributed by atoms with E-state index < -0.39 is 10.0 Å². The van der Waals surface area contributed by atoms with Crippen LogP contribution in [0.2, 0.25) is 0 Å². The second-order valence-electron chi connectivity index (χ2n) is 6.45. The van der Waals surface area contributed by atoms with Crippen LogP contribution >= 0.6 is 0 Å². The number of hydrogen-bond donors (Lipinski definition) is 1. The summed E-state index contributed by atoms with van der Waals surface area (Å²) in [5, 5.41) is 6.89. The fraction of sp³-hybridized carbons (Fsp3) is 0.444. The fourth-order valence-electron chi connectivity index (χ4n) is 3.11. The lowest BCUT2D eigenvalue weighted by Gasteiger charge is -2.35. The lowest BCUT2D eigenvalue weighted by Crippen LogP contribution is -2.54. The van der Waals surface area contributed by atoms with Crippen molar-refractivity contribution in [2.24, 2.45) is 4.99 Å². The van der Waals surface area contributed by atoms with E-state index in [0.717, 1.165) is 0 Å². The average Bonchev–Trinajstić information content (AvgIpc) is 3.19. The number of benzene rings is 1. The molecule has 0 radical (unpaired) electrons. The van der Waals surface area contributed by atoms with Gasteiger partial charge in [-0.2, -0.15) is 4.31 Å². The Labute approximate surface area is 164 Å². The van der Waals surface area contributed by atoms with Crippen molar-refractivity contribution in [2.75, 3.05) is 39.8 Å². The van der Waals surface area contributed by atoms with Crippen LogP contribution in [0.3, 0.4) is 0 Å². The van der Waals surface area contributed by atoms with Gasteiger partial charge in [0.1, 0.15) is 17.8 Å². The molecular weight excluding hydrogens is 385 g/mol. The zero-order chi connectivity index (χ0) is 20.0. The monoisotopic (exact) mass is 409 g/mol. The van der Waals surface area contributed by atoms with E-state index >= 15 is 0 Å². The number of aromatic nitrogens is 1. The van der Waals surface area contributed by atoms with Crippen molar-refractivity contribution in [3.63, 3.8) is 0 Å². The Kier molecular flexibility index (Phi) is 6.63. The molecule has 8 nitrogen and oxygen atoms in total. The molecule has 0 atom stereocenters. The second-order valence-corrected chi connectivity index (χ2v) is 8.42. The topological polar surface area (TPSA) is 91.0 Å². The first-order valence-corrected chi connectivity index (χ1v) is 10.7. The van der Waals surface area contributed by atoms with Gasteiger partial charge in [-0.3, -0.25) is 4.99 Å². The normalized spacial score (nSPS) is 16.4. The quantitative estimate of drug-likeness (QED) is 0.567. The molecule has 1 saturated heterocycles. The first-order chi connectivity index (χ1) is 13.5. The predicted molar refractivity (Wildman–Crippen MR) is 104 cm³/mol. The smallest absolute Gasteiger partial charge is 0.220 e. The second kappa shape index (κ2) is 9.16. The number of guanidine groups is 1. The van der Waals surface area contributed by atoms with Crippen molar-refractivity contribution in [1.82, 2.24) is 19.7 Å². The van der Waals surface area contributed by atoms with Crippen LogP contribution in [0.25, 0.3) is 0 Å². The van der Waals surface area contributed by atoms with Crippen LogP contribution in [0.15, 0.2) is 46.1 Å². The van der Waals surface area contributed by atoms with Gasteiger partial charge in [-0.1, -0.05) is 23.4 Å². The Morgan fingerprint density at radius 1 is 1.25 bits per heavy atom. The molecule has 0 amide bonds. The number of sulfonamides is 1. The molecule has 152 valence electrons. The zero-order valence-corrected chi connectivity index (χ0v) is 16.5. The highest BCUT2D eigenvalue weighted by Gasteiger charge is 2.28. The van der Waals surface area contributed by atoms with E-state index in [1.807, 2.05) is 11.0 Å². The first kappa shape index (κ1) is 20.3. The van der Waals surface area contributed by atoms with Crippen molar-refractivity contribution < 1.29 is 17.3 Å². The molecule has 1 N–H and O–H groups in total. The predicted octanol–water partition coefficient (Wildman–Crippen LogP) is 1.08. The van der Waals surface area contributed by atoms with Gasteiger partial charge in [0.2, 0.25) is 10.0 Å². The third kappa shape index (κ3) is 5.08. The third-order valence-corrected chi connectivity index (χ3v) is 6.41. The van der Waals surface area contributed by atoms with Gasteiger partial charge in [-0.05, 0) is 18.1 Å². The van der Waals surface area contributed by atoms with Crippen LogP contribution in [0.5, 0.6) is 0 Å². The molecule has 1 aliphatic rings. The van der Waals surface area contributed by atoms with E-state index in [1.165, 1.54) is 16.6 Å². The molecule has 1 aromatic heterocycles. The summed E-state index contributed by atoms with van der Waals surface area (Å²) in [6.07, 6.45) is 1.90. The Bertz CT molecular complexity index is 894. The van der Waals surface area contributed by atoms with E-state index in [0.29, 0.717) is 56.4 Å². The van der Waals surface area contributed by atoms with Crippen LogP contribution < -0.4 is 5.32 Å². The molecule has 1 aliphatic heterocycles. The van der Waals surface area contributed by atoms with Crippen molar-refractivity contribution in [1.29, 1.82) is 0 Å². The minimum atomic E-state index is -3.44. The number of hydrogen-bond acceptors (Lipinski definition) is 5. The van der Waals surface area contributed by atoms with Gasteiger partial charge >= 0.3 is 0 Å². The van der Waals surface area contributed by atoms with Gasteiger partial charge in [-0.15, -0.1) is 0 Å². The van der Waals surface area contributed by atoms with Gasteiger partial charge in [0.25, 0.3) is 0 Å². The highest BCUT2D eigenvalue weighted by atomic mass is 32.2. The standard InChI is InChI=1S/C18H24FN5O3S/c1-20-18(21-8-6-15-4-2-3-5-17(15)19)23-9-11-24(12-10-23)28(25,26)14-16-7-13-27-22-16/h2-5,7,13H,6,8-12,14H2,1H3,(H,20,21). The highest BCUT2D eigenvalue weighted by molar-refractivity contribution is 7.88. The Hall–Kier alpha value is -2.46. The van der Waals surface area contributed by atoms with Crippen LogP contribution in [-0.2, 0) is 22.2 Å². The average molecular weight is 409 g/mol. The van der Waals surface area contributed by atoms with Crippen molar-refractivity contribution in [2.45, 2.75) is 12.2 Å². The third-order valence-electron chi connectivity index (χ3n) is 4.60. The maximum absolute atomic E-state index is 13.7. The van der Waals surface area contributed by atoms with E-state index in [1.54, 1.807) is 25.2 Å². The SMILES string of the molecule is CN=C(NCCc1ccccc1F)N1CCN(S(=O)(=O)Cc2ccon2)CC1. The van der Waals surface area contributed by atoms with Crippen LogP contribution in [-0.4, -0.2) is 68.5 Å². The molecular formula is C18H24FN5O3S. The molecule has 1 aromatic carbocycles. The Balaban J connectivity index is 1.49. The van der Waals surface area contributed by atoms with E-state index in [4.69, 9.17) is 4.52 Å². The van der Waals surface area contributed by atoms with Crippen molar-refractivity contribution in [3.05, 3.63) is 53.7 Å². The first-order valence-electron chi connectivity index (χ1n) is 9.05. The van der Waals surface area contributed by atoms with Crippen molar-refractivity contribution in [3.8, 4) is 0 Å². The van der Waals surface area contributed by atoms with Gasteiger partial charge in [-0.25, -0.2) is 12.8 Å². The maximum atomic E-state index is 13.7. The van der Waals surface area contributed by atoms with Gasteiger partial charge in [0, 0.05) is 45.8 Å². The molecule has 0 spiro atoms. The van der Waals surface area contributed by atoms with E-state index in [9.17, 15) is 12.8 Å². The number of nitrogens with one attached hydrogen (secondary N) is 1. The summed E-state index contributed by atoms with van der Waals surface area (Å²) in [6, 6.07) is 8.24. The summed E-state index contributed by atoms with van der Waals surface area (Å²) in [6.45, 7) is 2.33. The zero-order valence-electron chi connectivity index (χ0n) is 15.7. The summed E-state index contributed by atoms with van der Waals surface area (Å²) in [7, 11) is -1.76. The summed E-state index contributed by atoms with van der Waals surface area (Å²) in [5.41, 5.74) is 1.04. The molecule has 3 rings (SSSR count). The lowest BCUT2D eigenvalue weighted by molar-refractivity contribution is 0.260. The van der Waals surface area contributed by atoms with Gasteiger partial charge < -0.3 is 14.7 Å². The van der Waals surface area contributed by atoms with Crippen LogP contribution in [0.4, 0.5) is 4.39 Å². The molecule has 0 bridgehead atoms. The number of aliphatic imine (C=N–C) groups is 1. The lowest BCUT2D eigenvalue weighted by atomic mass is 10.1. The highest BCUT2D eigenvalue weighted by Crippen LogP contribution is 2.13. The minimum Gasteiger partial charge on any atom is -0.364 e. The van der Waals surface area contributed by atoms with Crippen LogP contribution in [0.1, 0.15) is 11.3 Å². The molecule has 1 fully saturated rings. The van der Waals surface area contributed by atoms with Gasteiger partial charge in [0.05, 0.1) is 5.69 Å². The fourth-order valence-corrected chi connectivity index (χ4v) is 4.54. The molecule has 2 aromatic rings. The van der Waals surface area contributed by atoms with E-state index in [-0.39, 0.29) is 11.6 Å². The number of nitrogens with zero attached hydrogens (tertiary/aromatic N) is 4. The summed E-state index contributed by atoms with van der Waals surface area (Å²) < 4.78 is 44.9. The molecule has 0 aliphatic carbocycles. The van der Waals surface area contributed by atoms with Crippen LogP contribution in [0, 0.1) is 5.82 Å². The van der Waals surface area contributed by atoms with Crippen molar-refractivity contribution >= 4 is 16.0 Å². The molecule has 28 heavy (non-hydrogen) atoms. The molecule has 0 unspecified atom stereocenters. The minimum absolute atomic E-state index is 0.168. The Morgan fingerprint density at radius 3 is 2.64 bits per heavy atom. The number of halogens is 1.